The van der Waals surface area contributed by atoms with Gasteiger partial charge in [-0.25, -0.2) is 4.79 Å². The molecule has 1 atom stereocenters. The Morgan fingerprint density at radius 3 is 2.50 bits per heavy atom. The summed E-state index contributed by atoms with van der Waals surface area (Å²) in [4.78, 5) is 31.6. The Balaban J connectivity index is 4.18. The second kappa shape index (κ2) is 5.29. The summed E-state index contributed by atoms with van der Waals surface area (Å²) < 4.78 is 4.54. The highest BCUT2D eigenvalue weighted by Gasteiger charge is 2.23. The van der Waals surface area contributed by atoms with E-state index < -0.39 is 17.8 Å². The van der Waals surface area contributed by atoms with E-state index in [1.54, 1.807) is 6.92 Å². The van der Waals surface area contributed by atoms with Gasteiger partial charge in [0, 0.05) is 0 Å². The molecule has 0 fully saturated rings. The van der Waals surface area contributed by atoms with E-state index in [0.29, 0.717) is 6.41 Å². The van der Waals surface area contributed by atoms with Gasteiger partial charge in [0.15, 0.2) is 11.8 Å². The van der Waals surface area contributed by atoms with Crippen molar-refractivity contribution in [3.05, 3.63) is 0 Å². The van der Waals surface area contributed by atoms with E-state index in [2.05, 4.69) is 10.1 Å². The van der Waals surface area contributed by atoms with Crippen LogP contribution < -0.4 is 5.32 Å². The van der Waals surface area contributed by atoms with Crippen LogP contribution in [0.1, 0.15) is 13.8 Å². The first-order valence-corrected chi connectivity index (χ1v) is 3.50. The third kappa shape index (κ3) is 3.14. The number of hydrogen-bond acceptors (Lipinski definition) is 4. The Kier molecular flexibility index (Phi) is 4.67. The predicted octanol–water partition coefficient (Wildman–Crippen LogP) is -0.747. The summed E-state index contributed by atoms with van der Waals surface area (Å²) in [5.41, 5.74) is 0. The fourth-order valence-corrected chi connectivity index (χ4v) is 0.645. The molecule has 0 aliphatic carbocycles. The van der Waals surface area contributed by atoms with E-state index in [1.807, 2.05) is 0 Å². The van der Waals surface area contributed by atoms with Crippen molar-refractivity contribution in [3.8, 4) is 0 Å². The molecule has 12 heavy (non-hydrogen) atoms. The van der Waals surface area contributed by atoms with Crippen molar-refractivity contribution >= 4 is 18.2 Å². The van der Waals surface area contributed by atoms with Crippen molar-refractivity contribution < 1.29 is 19.1 Å². The number of rotatable bonds is 5. The third-order valence-electron chi connectivity index (χ3n) is 1.16. The highest BCUT2D eigenvalue weighted by molar-refractivity contribution is 6.03. The lowest BCUT2D eigenvalue weighted by molar-refractivity contribution is -0.149. The average molecular weight is 173 g/mol. The molecule has 68 valence electrons. The van der Waals surface area contributed by atoms with Crippen LogP contribution in [0.3, 0.4) is 0 Å². The van der Waals surface area contributed by atoms with Gasteiger partial charge in [-0.1, -0.05) is 0 Å². The van der Waals surface area contributed by atoms with Gasteiger partial charge >= 0.3 is 5.97 Å². The van der Waals surface area contributed by atoms with Gasteiger partial charge in [-0.05, 0) is 13.8 Å². The van der Waals surface area contributed by atoms with Crippen LogP contribution in [0.5, 0.6) is 0 Å². The topological polar surface area (TPSA) is 72.5 Å². The first-order chi connectivity index (χ1) is 5.63. The van der Waals surface area contributed by atoms with Crippen molar-refractivity contribution in [1.29, 1.82) is 0 Å². The van der Waals surface area contributed by atoms with Gasteiger partial charge in [0.05, 0.1) is 6.61 Å². The Hall–Kier alpha value is -1.39. The second-order valence-electron chi connectivity index (χ2n) is 2.08. The lowest BCUT2D eigenvalue weighted by Crippen LogP contribution is -2.42. The molecule has 0 aliphatic rings. The molecule has 1 unspecified atom stereocenters. The van der Waals surface area contributed by atoms with Crippen LogP contribution in [0.15, 0.2) is 0 Å². The molecule has 1 N–H and O–H groups in total. The van der Waals surface area contributed by atoms with E-state index in [9.17, 15) is 14.4 Å². The van der Waals surface area contributed by atoms with Crippen molar-refractivity contribution in [1.82, 2.24) is 5.32 Å². The van der Waals surface area contributed by atoms with Gasteiger partial charge in [-0.3, -0.25) is 9.59 Å². The molecule has 0 aromatic rings. The van der Waals surface area contributed by atoms with Crippen LogP contribution in [0.2, 0.25) is 0 Å². The molecule has 0 heterocycles. The summed E-state index contributed by atoms with van der Waals surface area (Å²) in [5.74, 6) is -1.17. The van der Waals surface area contributed by atoms with Crippen LogP contribution in [0.25, 0.3) is 0 Å². The zero-order chi connectivity index (χ0) is 9.56. The zero-order valence-corrected chi connectivity index (χ0v) is 6.99. The number of carbonyl (C=O) groups is 3. The summed E-state index contributed by atoms with van der Waals surface area (Å²) in [6.07, 6.45) is 0.295. The number of amides is 1. The minimum Gasteiger partial charge on any atom is -0.464 e. The summed E-state index contributed by atoms with van der Waals surface area (Å²) in [7, 11) is 0. The number of hydrogen-bond donors (Lipinski definition) is 1. The van der Waals surface area contributed by atoms with Gasteiger partial charge < -0.3 is 10.1 Å². The summed E-state index contributed by atoms with van der Waals surface area (Å²) in [6, 6.07) is -1.16. The predicted molar refractivity (Wildman–Crippen MR) is 40.3 cm³/mol. The average Bonchev–Trinajstić information content (AvgIpc) is 1.99. The molecular formula is C7H11NO4. The van der Waals surface area contributed by atoms with Crippen molar-refractivity contribution in [2.45, 2.75) is 19.9 Å². The van der Waals surface area contributed by atoms with Gasteiger partial charge in [0.1, 0.15) is 0 Å². The molecule has 0 radical (unpaired) electrons. The smallest absolute Gasteiger partial charge is 0.336 e. The minimum atomic E-state index is -1.16. The molecular weight excluding hydrogens is 162 g/mol. The lowest BCUT2D eigenvalue weighted by Gasteiger charge is -2.10. The summed E-state index contributed by atoms with van der Waals surface area (Å²) >= 11 is 0. The summed E-state index contributed by atoms with van der Waals surface area (Å²) in [6.45, 7) is 3.01. The number of ketones is 1. The van der Waals surface area contributed by atoms with Crippen LogP contribution in [0.4, 0.5) is 0 Å². The Bertz CT molecular complexity index is 190. The molecule has 0 spiro atoms. The Labute approximate surface area is 70.1 Å². The minimum absolute atomic E-state index is 0.184. The fourth-order valence-electron chi connectivity index (χ4n) is 0.645. The molecule has 0 rings (SSSR count). The Morgan fingerprint density at radius 1 is 1.58 bits per heavy atom. The monoisotopic (exact) mass is 173 g/mol. The molecule has 0 aromatic heterocycles. The fraction of sp³-hybridized carbons (Fsp3) is 0.571. The van der Waals surface area contributed by atoms with E-state index in [-0.39, 0.29) is 6.61 Å². The normalized spacial score (nSPS) is 11.5. The van der Waals surface area contributed by atoms with Gasteiger partial charge in [-0.2, -0.15) is 0 Å². The maximum atomic E-state index is 10.9. The van der Waals surface area contributed by atoms with Crippen molar-refractivity contribution in [3.63, 3.8) is 0 Å². The van der Waals surface area contributed by atoms with E-state index in [4.69, 9.17) is 0 Å². The maximum absolute atomic E-state index is 10.9. The maximum Gasteiger partial charge on any atom is 0.336 e. The van der Waals surface area contributed by atoms with Gasteiger partial charge in [-0.15, -0.1) is 0 Å². The number of nitrogens with one attached hydrogen (secondary N) is 1. The molecule has 0 aromatic carbocycles. The van der Waals surface area contributed by atoms with Gasteiger partial charge in [0.25, 0.3) is 0 Å². The SMILES string of the molecule is CCOC(=O)C(NC=O)C(C)=O. The summed E-state index contributed by atoms with van der Waals surface area (Å²) in [5, 5.41) is 2.06. The number of carbonyl (C=O) groups excluding carboxylic acids is 3. The largest absolute Gasteiger partial charge is 0.464 e. The van der Waals surface area contributed by atoms with E-state index in [0.717, 1.165) is 0 Å². The second-order valence-corrected chi connectivity index (χ2v) is 2.08. The highest BCUT2D eigenvalue weighted by Crippen LogP contribution is 1.89. The Morgan fingerprint density at radius 2 is 2.17 bits per heavy atom. The quantitative estimate of drug-likeness (QED) is 0.337. The molecule has 0 saturated carbocycles. The van der Waals surface area contributed by atoms with Crippen LogP contribution in [0, 0.1) is 0 Å². The van der Waals surface area contributed by atoms with Crippen LogP contribution in [-0.4, -0.2) is 30.8 Å². The highest BCUT2D eigenvalue weighted by atomic mass is 16.5. The van der Waals surface area contributed by atoms with E-state index >= 15 is 0 Å². The number of ether oxygens (including phenoxy) is 1. The molecule has 0 saturated heterocycles. The first-order valence-electron chi connectivity index (χ1n) is 3.50. The number of esters is 1. The lowest BCUT2D eigenvalue weighted by atomic mass is 10.2. The van der Waals surface area contributed by atoms with Crippen LogP contribution >= 0.6 is 0 Å². The molecule has 0 bridgehead atoms. The molecule has 0 aliphatic heterocycles. The van der Waals surface area contributed by atoms with Crippen molar-refractivity contribution in [2.24, 2.45) is 0 Å². The van der Waals surface area contributed by atoms with E-state index in [1.165, 1.54) is 6.92 Å². The van der Waals surface area contributed by atoms with Crippen LogP contribution in [-0.2, 0) is 19.1 Å². The molecule has 5 heteroatoms. The zero-order valence-electron chi connectivity index (χ0n) is 6.99. The van der Waals surface area contributed by atoms with Crippen molar-refractivity contribution in [2.75, 3.05) is 6.61 Å². The molecule has 5 nitrogen and oxygen atoms in total. The van der Waals surface area contributed by atoms with Gasteiger partial charge in [0.2, 0.25) is 6.41 Å². The number of Topliss-reactive ketones (excluding diaryl/α,β-unsaturated/α-hetero) is 1. The molecule has 1 amide bonds. The first kappa shape index (κ1) is 10.6. The third-order valence-corrected chi connectivity index (χ3v) is 1.16. The standard InChI is InChI=1S/C7H11NO4/c1-3-12-7(11)6(5(2)10)8-4-9/h4,6H,3H2,1-2H3,(H,8,9).